The number of pyridine rings is 1. The highest BCUT2D eigenvalue weighted by atomic mass is 19.2. The van der Waals surface area contributed by atoms with Gasteiger partial charge in [-0.1, -0.05) is 5.16 Å². The zero-order chi connectivity index (χ0) is 15.0. The van der Waals surface area contributed by atoms with Gasteiger partial charge in [0.25, 0.3) is 5.89 Å². The Balaban J connectivity index is 2.05. The van der Waals surface area contributed by atoms with Crippen molar-refractivity contribution in [1.29, 1.82) is 0 Å². The molecule has 3 aromatic rings. The first-order valence-electron chi connectivity index (χ1n) is 5.75. The van der Waals surface area contributed by atoms with Gasteiger partial charge in [-0.25, -0.2) is 18.2 Å². The monoisotopic (exact) mass is 292 g/mol. The van der Waals surface area contributed by atoms with E-state index < -0.39 is 17.5 Å². The molecule has 0 aliphatic heterocycles. The van der Waals surface area contributed by atoms with Crippen LogP contribution < -0.4 is 5.73 Å². The van der Waals surface area contributed by atoms with E-state index in [1.165, 1.54) is 6.20 Å². The van der Waals surface area contributed by atoms with Gasteiger partial charge in [-0.2, -0.15) is 4.98 Å². The minimum atomic E-state index is -1.56. The molecule has 0 fully saturated rings. The maximum atomic E-state index is 13.2. The molecule has 0 bridgehead atoms. The van der Waals surface area contributed by atoms with Gasteiger partial charge in [0.05, 0.1) is 5.69 Å². The van der Waals surface area contributed by atoms with E-state index in [-0.39, 0.29) is 23.0 Å². The largest absolute Gasteiger partial charge is 0.397 e. The highest BCUT2D eigenvalue weighted by Gasteiger charge is 2.17. The molecule has 0 saturated carbocycles. The third-order valence-electron chi connectivity index (χ3n) is 2.71. The van der Waals surface area contributed by atoms with Crippen molar-refractivity contribution >= 4 is 5.69 Å². The molecule has 1 aromatic carbocycles. The van der Waals surface area contributed by atoms with Gasteiger partial charge in [0, 0.05) is 11.8 Å². The fraction of sp³-hybridized carbons (Fsp3) is 0. The Hall–Kier alpha value is -2.90. The summed E-state index contributed by atoms with van der Waals surface area (Å²) in [6, 6.07) is 4.76. The van der Waals surface area contributed by atoms with Crippen molar-refractivity contribution in [3.63, 3.8) is 0 Å². The summed E-state index contributed by atoms with van der Waals surface area (Å²) in [4.78, 5) is 7.92. The van der Waals surface area contributed by atoms with Gasteiger partial charge in [-0.05, 0) is 24.3 Å². The SMILES string of the molecule is Nc1cccnc1-c1nc(-c2cc(F)c(F)c(F)c2)no1. The number of nitrogens with zero attached hydrogens (tertiary/aromatic N) is 3. The number of hydrogen-bond donors (Lipinski definition) is 1. The normalized spacial score (nSPS) is 10.8. The van der Waals surface area contributed by atoms with Crippen molar-refractivity contribution in [1.82, 2.24) is 15.1 Å². The van der Waals surface area contributed by atoms with Crippen LogP contribution in [0.3, 0.4) is 0 Å². The second kappa shape index (κ2) is 4.89. The molecule has 0 aliphatic rings. The van der Waals surface area contributed by atoms with Crippen LogP contribution in [0.25, 0.3) is 23.0 Å². The maximum absolute atomic E-state index is 13.2. The summed E-state index contributed by atoms with van der Waals surface area (Å²) < 4.78 is 44.2. The third-order valence-corrected chi connectivity index (χ3v) is 2.71. The summed E-state index contributed by atoms with van der Waals surface area (Å²) in [6.45, 7) is 0. The molecule has 2 aromatic heterocycles. The Morgan fingerprint density at radius 1 is 1.10 bits per heavy atom. The van der Waals surface area contributed by atoms with Gasteiger partial charge in [0.15, 0.2) is 23.1 Å². The van der Waals surface area contributed by atoms with Crippen molar-refractivity contribution in [2.75, 3.05) is 5.73 Å². The van der Waals surface area contributed by atoms with Crippen LogP contribution in [0.5, 0.6) is 0 Å². The van der Waals surface area contributed by atoms with Gasteiger partial charge < -0.3 is 10.3 Å². The first kappa shape index (κ1) is 13.1. The van der Waals surface area contributed by atoms with Crippen LogP contribution in [-0.4, -0.2) is 15.1 Å². The lowest BCUT2D eigenvalue weighted by molar-refractivity contribution is 0.430. The van der Waals surface area contributed by atoms with Gasteiger partial charge in [-0.3, -0.25) is 0 Å². The van der Waals surface area contributed by atoms with Crippen molar-refractivity contribution < 1.29 is 17.7 Å². The molecule has 0 radical (unpaired) electrons. The van der Waals surface area contributed by atoms with Crippen LogP contribution in [-0.2, 0) is 0 Å². The topological polar surface area (TPSA) is 77.8 Å². The van der Waals surface area contributed by atoms with E-state index >= 15 is 0 Å². The fourth-order valence-electron chi connectivity index (χ4n) is 1.72. The summed E-state index contributed by atoms with van der Waals surface area (Å²) in [5.74, 6) is -4.35. The molecule has 3 rings (SSSR count). The Morgan fingerprint density at radius 3 is 2.48 bits per heavy atom. The number of hydrogen-bond acceptors (Lipinski definition) is 5. The van der Waals surface area contributed by atoms with Gasteiger partial charge in [0.1, 0.15) is 0 Å². The minimum absolute atomic E-state index is 0.00626. The number of benzene rings is 1. The Bertz CT molecular complexity index is 796. The Morgan fingerprint density at radius 2 is 1.81 bits per heavy atom. The highest BCUT2D eigenvalue weighted by Crippen LogP contribution is 2.26. The first-order chi connectivity index (χ1) is 10.1. The van der Waals surface area contributed by atoms with E-state index in [4.69, 9.17) is 10.3 Å². The smallest absolute Gasteiger partial charge is 0.278 e. The first-order valence-corrected chi connectivity index (χ1v) is 5.75. The molecule has 21 heavy (non-hydrogen) atoms. The highest BCUT2D eigenvalue weighted by molar-refractivity contribution is 5.67. The molecule has 2 N–H and O–H groups in total. The third kappa shape index (κ3) is 2.31. The predicted octanol–water partition coefficient (Wildman–Crippen LogP) is 2.80. The molecule has 0 aliphatic carbocycles. The molecule has 106 valence electrons. The average Bonchev–Trinajstić information content (AvgIpc) is 2.94. The van der Waals surface area contributed by atoms with Crippen LogP contribution in [0, 0.1) is 17.5 Å². The lowest BCUT2D eigenvalue weighted by Gasteiger charge is -1.98. The van der Waals surface area contributed by atoms with E-state index in [1.54, 1.807) is 12.1 Å². The summed E-state index contributed by atoms with van der Waals surface area (Å²) in [6.07, 6.45) is 1.48. The molecule has 0 atom stereocenters. The molecular weight excluding hydrogens is 285 g/mol. The van der Waals surface area contributed by atoms with Crippen molar-refractivity contribution in [2.24, 2.45) is 0 Å². The summed E-state index contributed by atoms with van der Waals surface area (Å²) in [5.41, 5.74) is 6.21. The Labute approximate surface area is 116 Å². The van der Waals surface area contributed by atoms with Crippen molar-refractivity contribution in [2.45, 2.75) is 0 Å². The van der Waals surface area contributed by atoms with Crippen LogP contribution in [0.2, 0.25) is 0 Å². The van der Waals surface area contributed by atoms with Crippen LogP contribution in [0.1, 0.15) is 0 Å². The number of nitrogen functional groups attached to an aromatic ring is 1. The quantitative estimate of drug-likeness (QED) is 0.735. The Kier molecular flexibility index (Phi) is 3.05. The number of halogens is 3. The van der Waals surface area contributed by atoms with Gasteiger partial charge in [-0.15, -0.1) is 0 Å². The van der Waals surface area contributed by atoms with Gasteiger partial charge >= 0.3 is 0 Å². The lowest BCUT2D eigenvalue weighted by atomic mass is 10.2. The molecule has 0 unspecified atom stereocenters. The predicted molar refractivity (Wildman–Crippen MR) is 67.3 cm³/mol. The summed E-state index contributed by atoms with van der Waals surface area (Å²) >= 11 is 0. The summed E-state index contributed by atoms with van der Waals surface area (Å²) in [7, 11) is 0. The molecule has 0 saturated heterocycles. The number of anilines is 1. The van der Waals surface area contributed by atoms with Gasteiger partial charge in [0.2, 0.25) is 5.82 Å². The number of rotatable bonds is 2. The van der Waals surface area contributed by atoms with Crippen molar-refractivity contribution in [3.8, 4) is 23.0 Å². The second-order valence-electron chi connectivity index (χ2n) is 4.12. The molecule has 5 nitrogen and oxygen atoms in total. The van der Waals surface area contributed by atoms with Crippen LogP contribution in [0.15, 0.2) is 35.0 Å². The van der Waals surface area contributed by atoms with E-state index in [2.05, 4.69) is 15.1 Å². The molecule has 0 amide bonds. The van der Waals surface area contributed by atoms with E-state index in [0.29, 0.717) is 5.69 Å². The second-order valence-corrected chi connectivity index (χ2v) is 4.12. The number of aromatic nitrogens is 3. The van der Waals surface area contributed by atoms with E-state index in [0.717, 1.165) is 12.1 Å². The molecule has 0 spiro atoms. The zero-order valence-electron chi connectivity index (χ0n) is 10.3. The fourth-order valence-corrected chi connectivity index (χ4v) is 1.72. The van der Waals surface area contributed by atoms with Crippen LogP contribution in [0.4, 0.5) is 18.9 Å². The van der Waals surface area contributed by atoms with E-state index in [9.17, 15) is 13.2 Å². The molecular formula is C13H7F3N4O. The zero-order valence-corrected chi connectivity index (χ0v) is 10.3. The number of nitrogens with two attached hydrogens (primary N) is 1. The van der Waals surface area contributed by atoms with Crippen LogP contribution >= 0.6 is 0 Å². The van der Waals surface area contributed by atoms with Crippen molar-refractivity contribution in [3.05, 3.63) is 47.9 Å². The maximum Gasteiger partial charge on any atom is 0.278 e. The summed E-state index contributed by atoms with van der Waals surface area (Å²) in [5, 5.41) is 3.58. The minimum Gasteiger partial charge on any atom is -0.397 e. The molecule has 8 heteroatoms. The van der Waals surface area contributed by atoms with E-state index in [1.807, 2.05) is 0 Å². The standard InChI is InChI=1S/C13H7F3N4O/c14-7-4-6(5-8(15)10(7)16)12-19-13(21-20-12)11-9(17)2-1-3-18-11/h1-5H,17H2. The lowest BCUT2D eigenvalue weighted by Crippen LogP contribution is -1.94. The average molecular weight is 292 g/mol. The molecule has 2 heterocycles.